The third-order valence-electron chi connectivity index (χ3n) is 3.45. The van der Waals surface area contributed by atoms with Crippen molar-refractivity contribution < 1.29 is 14.3 Å². The molecule has 1 heterocycles. The Labute approximate surface area is 118 Å². The second kappa shape index (κ2) is 6.41. The van der Waals surface area contributed by atoms with Crippen LogP contribution in [0.5, 0.6) is 5.75 Å². The van der Waals surface area contributed by atoms with E-state index in [1.807, 2.05) is 32.0 Å². The maximum Gasteiger partial charge on any atom is 0.260 e. The first-order valence-electron chi connectivity index (χ1n) is 6.81. The van der Waals surface area contributed by atoms with E-state index in [1.54, 1.807) is 4.90 Å². The fraction of sp³-hybridized carbons (Fsp3) is 0.467. The molecule has 0 atom stereocenters. The van der Waals surface area contributed by atoms with E-state index in [4.69, 9.17) is 4.74 Å². The smallest absolute Gasteiger partial charge is 0.260 e. The molecule has 1 aliphatic rings. The number of ether oxygens (including phenoxy) is 1. The van der Waals surface area contributed by atoms with Gasteiger partial charge in [-0.25, -0.2) is 0 Å². The highest BCUT2D eigenvalue weighted by Gasteiger charge is 2.19. The Kier molecular flexibility index (Phi) is 4.61. The Morgan fingerprint density at radius 2 is 2.15 bits per heavy atom. The number of hydrogen-bond acceptors (Lipinski definition) is 3. The highest BCUT2D eigenvalue weighted by molar-refractivity contribution is 5.85. The lowest BCUT2D eigenvalue weighted by molar-refractivity contribution is -0.136. The van der Waals surface area contributed by atoms with E-state index < -0.39 is 0 Å². The number of benzene rings is 1. The fourth-order valence-corrected chi connectivity index (χ4v) is 2.06. The first-order chi connectivity index (χ1) is 9.56. The zero-order valence-electron chi connectivity index (χ0n) is 11.9. The molecule has 0 aromatic heterocycles. The van der Waals surface area contributed by atoms with Crippen LogP contribution in [0.2, 0.25) is 0 Å². The lowest BCUT2D eigenvalue weighted by atomic mass is 10.1. The Hall–Kier alpha value is -2.04. The van der Waals surface area contributed by atoms with E-state index in [1.165, 1.54) is 5.56 Å². The number of aryl methyl sites for hydroxylation is 2. The molecule has 5 heteroatoms. The molecule has 20 heavy (non-hydrogen) atoms. The summed E-state index contributed by atoms with van der Waals surface area (Å²) in [6.07, 6.45) is 0.779. The number of rotatable bonds is 3. The summed E-state index contributed by atoms with van der Waals surface area (Å²) >= 11 is 0. The van der Waals surface area contributed by atoms with E-state index in [0.29, 0.717) is 18.8 Å². The Bertz CT molecular complexity index is 514. The van der Waals surface area contributed by atoms with E-state index >= 15 is 0 Å². The number of nitrogens with one attached hydrogen (secondary N) is 1. The van der Waals surface area contributed by atoms with Gasteiger partial charge < -0.3 is 15.0 Å². The van der Waals surface area contributed by atoms with Crippen molar-refractivity contribution in [1.82, 2.24) is 10.2 Å². The van der Waals surface area contributed by atoms with Gasteiger partial charge in [-0.1, -0.05) is 6.07 Å². The molecule has 0 unspecified atom stereocenters. The predicted molar refractivity (Wildman–Crippen MR) is 75.6 cm³/mol. The third kappa shape index (κ3) is 3.73. The molecule has 1 aromatic rings. The van der Waals surface area contributed by atoms with Crippen LogP contribution < -0.4 is 10.1 Å². The number of carbonyl (C=O) groups excluding carboxylic acids is 2. The number of amides is 2. The first kappa shape index (κ1) is 14.4. The van der Waals surface area contributed by atoms with Gasteiger partial charge >= 0.3 is 0 Å². The van der Waals surface area contributed by atoms with Crippen molar-refractivity contribution in [2.24, 2.45) is 0 Å². The molecule has 0 saturated carbocycles. The molecule has 2 rings (SSSR count). The van der Waals surface area contributed by atoms with Crippen molar-refractivity contribution in [3.05, 3.63) is 29.3 Å². The summed E-state index contributed by atoms with van der Waals surface area (Å²) in [6.45, 7) is 5.34. The molecule has 108 valence electrons. The second-order valence-corrected chi connectivity index (χ2v) is 5.05. The second-order valence-electron chi connectivity index (χ2n) is 5.05. The number of hydrogen-bond donors (Lipinski definition) is 1. The van der Waals surface area contributed by atoms with Gasteiger partial charge in [-0.05, 0) is 43.5 Å². The van der Waals surface area contributed by atoms with Crippen molar-refractivity contribution in [3.63, 3.8) is 0 Å². The van der Waals surface area contributed by atoms with Crippen LogP contribution in [0.15, 0.2) is 18.2 Å². The van der Waals surface area contributed by atoms with E-state index in [0.717, 1.165) is 12.0 Å². The highest BCUT2D eigenvalue weighted by atomic mass is 16.5. The summed E-state index contributed by atoms with van der Waals surface area (Å²) in [4.78, 5) is 25.0. The van der Waals surface area contributed by atoms with Crippen LogP contribution in [-0.2, 0) is 9.59 Å². The normalized spacial score (nSPS) is 15.5. The maximum atomic E-state index is 12.0. The topological polar surface area (TPSA) is 58.6 Å². The molecule has 1 aromatic carbocycles. The van der Waals surface area contributed by atoms with Crippen LogP contribution in [0.3, 0.4) is 0 Å². The van der Waals surface area contributed by atoms with Crippen LogP contribution in [-0.4, -0.2) is 43.0 Å². The lowest BCUT2D eigenvalue weighted by Gasteiger charge is -2.19. The van der Waals surface area contributed by atoms with Gasteiger partial charge in [0.25, 0.3) is 5.91 Å². The molecule has 1 aliphatic heterocycles. The lowest BCUT2D eigenvalue weighted by Crippen LogP contribution is -2.39. The summed E-state index contributed by atoms with van der Waals surface area (Å²) < 4.78 is 5.51. The molecule has 0 aliphatic carbocycles. The fourth-order valence-electron chi connectivity index (χ4n) is 2.06. The number of carbonyl (C=O) groups is 2. The maximum absolute atomic E-state index is 12.0. The molecule has 2 amide bonds. The molecule has 5 nitrogen and oxygen atoms in total. The van der Waals surface area contributed by atoms with Gasteiger partial charge in [0.05, 0.1) is 6.54 Å². The average molecular weight is 276 g/mol. The van der Waals surface area contributed by atoms with Crippen molar-refractivity contribution in [2.75, 3.05) is 26.2 Å². The zero-order chi connectivity index (χ0) is 14.5. The van der Waals surface area contributed by atoms with Crippen LogP contribution in [0.25, 0.3) is 0 Å². The van der Waals surface area contributed by atoms with Gasteiger partial charge in [0, 0.05) is 13.1 Å². The monoisotopic (exact) mass is 276 g/mol. The summed E-state index contributed by atoms with van der Waals surface area (Å²) in [5.74, 6) is 0.419. The predicted octanol–water partition coefficient (Wildman–Crippen LogP) is 1.03. The largest absolute Gasteiger partial charge is 0.484 e. The van der Waals surface area contributed by atoms with Gasteiger partial charge in [0.1, 0.15) is 5.75 Å². The van der Waals surface area contributed by atoms with Crippen LogP contribution in [0, 0.1) is 13.8 Å². The van der Waals surface area contributed by atoms with Crippen LogP contribution in [0.1, 0.15) is 17.5 Å². The SMILES string of the molecule is Cc1ccc(OCC(=O)N2CCCNC(=O)C2)cc1C. The molecule has 1 saturated heterocycles. The Morgan fingerprint density at radius 1 is 1.35 bits per heavy atom. The zero-order valence-corrected chi connectivity index (χ0v) is 11.9. The third-order valence-corrected chi connectivity index (χ3v) is 3.45. The highest BCUT2D eigenvalue weighted by Crippen LogP contribution is 2.16. The van der Waals surface area contributed by atoms with E-state index in [9.17, 15) is 9.59 Å². The minimum absolute atomic E-state index is 0.0320. The average Bonchev–Trinajstić information content (AvgIpc) is 2.64. The molecule has 1 N–H and O–H groups in total. The van der Waals surface area contributed by atoms with Gasteiger partial charge in [-0.3, -0.25) is 9.59 Å². The van der Waals surface area contributed by atoms with Gasteiger partial charge in [0.2, 0.25) is 5.91 Å². The van der Waals surface area contributed by atoms with Crippen molar-refractivity contribution in [3.8, 4) is 5.75 Å². The summed E-state index contributed by atoms with van der Waals surface area (Å²) in [5, 5.41) is 2.74. The van der Waals surface area contributed by atoms with Crippen molar-refractivity contribution >= 4 is 11.8 Å². The van der Waals surface area contributed by atoms with Crippen LogP contribution >= 0.6 is 0 Å². The van der Waals surface area contributed by atoms with Crippen molar-refractivity contribution in [2.45, 2.75) is 20.3 Å². The van der Waals surface area contributed by atoms with E-state index in [2.05, 4.69) is 5.32 Å². The summed E-state index contributed by atoms with van der Waals surface area (Å²) in [5.41, 5.74) is 2.32. The molecule has 0 spiro atoms. The van der Waals surface area contributed by atoms with Gasteiger partial charge in [-0.15, -0.1) is 0 Å². The van der Waals surface area contributed by atoms with Gasteiger partial charge in [0.15, 0.2) is 6.61 Å². The first-order valence-corrected chi connectivity index (χ1v) is 6.81. The minimum Gasteiger partial charge on any atom is -0.484 e. The number of nitrogens with zero attached hydrogens (tertiary/aromatic N) is 1. The Morgan fingerprint density at radius 3 is 2.90 bits per heavy atom. The Balaban J connectivity index is 1.90. The van der Waals surface area contributed by atoms with Crippen LogP contribution in [0.4, 0.5) is 0 Å². The molecule has 0 bridgehead atoms. The molecular formula is C15H20N2O3. The molecule has 1 fully saturated rings. The minimum atomic E-state index is -0.153. The van der Waals surface area contributed by atoms with Crippen molar-refractivity contribution in [1.29, 1.82) is 0 Å². The molecule has 0 radical (unpaired) electrons. The van der Waals surface area contributed by atoms with Gasteiger partial charge in [-0.2, -0.15) is 0 Å². The van der Waals surface area contributed by atoms with E-state index in [-0.39, 0.29) is 25.0 Å². The summed E-state index contributed by atoms with van der Waals surface area (Å²) in [6, 6.07) is 5.73. The quantitative estimate of drug-likeness (QED) is 0.897. The summed E-state index contributed by atoms with van der Waals surface area (Å²) in [7, 11) is 0. The standard InChI is InChI=1S/C15H20N2O3/c1-11-4-5-13(8-12(11)2)20-10-15(19)17-7-3-6-16-14(18)9-17/h4-5,8H,3,6-7,9-10H2,1-2H3,(H,16,18). The molecular weight excluding hydrogens is 256 g/mol.